The van der Waals surface area contributed by atoms with Gasteiger partial charge in [0.05, 0.1) is 30.9 Å². The maximum absolute atomic E-state index is 8.85. The van der Waals surface area contributed by atoms with E-state index in [-0.39, 0.29) is 12.4 Å². The van der Waals surface area contributed by atoms with Gasteiger partial charge in [0.2, 0.25) is 0 Å². The quantitative estimate of drug-likeness (QED) is 0.856. The minimum atomic E-state index is 0. The van der Waals surface area contributed by atoms with Crippen LogP contribution in [-0.4, -0.2) is 37.7 Å². The summed E-state index contributed by atoms with van der Waals surface area (Å²) in [5.74, 6) is 0. The number of benzene rings is 1. The lowest BCUT2D eigenvalue weighted by molar-refractivity contribution is 0.0168. The lowest BCUT2D eigenvalue weighted by Gasteiger charge is -2.34. The van der Waals surface area contributed by atoms with Gasteiger partial charge in [-0.3, -0.25) is 4.90 Å². The molecule has 1 unspecified atom stereocenters. The van der Waals surface area contributed by atoms with Crippen molar-refractivity contribution in [1.29, 1.82) is 5.26 Å². The molecule has 0 bridgehead atoms. The lowest BCUT2D eigenvalue weighted by atomic mass is 10.1. The fourth-order valence-electron chi connectivity index (χ4n) is 2.83. The Kier molecular flexibility index (Phi) is 7.70. The summed E-state index contributed by atoms with van der Waals surface area (Å²) in [5.41, 5.74) is 1.91. The number of hydrogen-bond donors (Lipinski definition) is 1. The molecule has 1 atom stereocenters. The minimum absolute atomic E-state index is 0. The molecule has 1 aliphatic rings. The molecule has 1 aromatic carbocycles. The van der Waals surface area contributed by atoms with Crippen molar-refractivity contribution in [3.8, 4) is 6.07 Å². The van der Waals surface area contributed by atoms with Gasteiger partial charge in [0.25, 0.3) is 0 Å². The Hall–Kier alpha value is -1.42. The summed E-state index contributed by atoms with van der Waals surface area (Å²) in [5, 5.41) is 14.6. The Morgan fingerprint density at radius 1 is 1.21 bits per heavy atom. The first-order valence-electron chi connectivity index (χ1n) is 7.92. The third-order valence-corrected chi connectivity index (χ3v) is 5.08. The molecule has 128 valence electrons. The van der Waals surface area contributed by atoms with E-state index < -0.39 is 0 Å². The predicted molar refractivity (Wildman–Crippen MR) is 99.6 cm³/mol. The van der Waals surface area contributed by atoms with E-state index in [0.717, 1.165) is 39.4 Å². The highest BCUT2D eigenvalue weighted by Crippen LogP contribution is 2.25. The Morgan fingerprint density at radius 2 is 1.96 bits per heavy atom. The molecular weight excluding hydrogens is 342 g/mol. The van der Waals surface area contributed by atoms with E-state index in [4.69, 9.17) is 10.00 Å². The zero-order valence-corrected chi connectivity index (χ0v) is 15.1. The molecule has 0 spiro atoms. The second-order valence-electron chi connectivity index (χ2n) is 5.62. The van der Waals surface area contributed by atoms with Crippen LogP contribution in [-0.2, 0) is 11.3 Å². The average molecular weight is 364 g/mol. The third kappa shape index (κ3) is 5.04. The van der Waals surface area contributed by atoms with Crippen LogP contribution in [0.4, 0.5) is 0 Å². The topological polar surface area (TPSA) is 48.3 Å². The number of morpholine rings is 1. The van der Waals surface area contributed by atoms with Crippen molar-refractivity contribution in [2.75, 3.05) is 32.8 Å². The number of nitrogens with zero attached hydrogens (tertiary/aromatic N) is 2. The summed E-state index contributed by atoms with van der Waals surface area (Å²) in [4.78, 5) is 3.90. The van der Waals surface area contributed by atoms with E-state index in [9.17, 15) is 0 Å². The Balaban J connectivity index is 0.00000208. The average Bonchev–Trinajstić information content (AvgIpc) is 3.14. The zero-order chi connectivity index (χ0) is 15.9. The number of nitriles is 1. The van der Waals surface area contributed by atoms with Crippen LogP contribution in [0.3, 0.4) is 0 Å². The summed E-state index contributed by atoms with van der Waals surface area (Å²) >= 11 is 1.82. The molecule has 4 nitrogen and oxygen atoms in total. The molecule has 24 heavy (non-hydrogen) atoms. The van der Waals surface area contributed by atoms with Crippen molar-refractivity contribution in [2.45, 2.75) is 12.6 Å². The molecular formula is C18H22ClN3OS. The second kappa shape index (κ2) is 9.77. The van der Waals surface area contributed by atoms with Crippen LogP contribution in [0.5, 0.6) is 0 Å². The first-order valence-corrected chi connectivity index (χ1v) is 8.80. The minimum Gasteiger partial charge on any atom is -0.379 e. The number of rotatable bonds is 6. The highest BCUT2D eigenvalue weighted by atomic mass is 35.5. The van der Waals surface area contributed by atoms with Crippen molar-refractivity contribution in [2.24, 2.45) is 0 Å². The van der Waals surface area contributed by atoms with Gasteiger partial charge < -0.3 is 10.1 Å². The molecule has 2 aromatic rings. The van der Waals surface area contributed by atoms with Crippen LogP contribution < -0.4 is 5.32 Å². The summed E-state index contributed by atoms with van der Waals surface area (Å²) in [6.45, 7) is 5.34. The van der Waals surface area contributed by atoms with Gasteiger partial charge in [0.15, 0.2) is 0 Å². The van der Waals surface area contributed by atoms with Crippen LogP contribution in [0.2, 0.25) is 0 Å². The molecule has 2 heterocycles. The molecule has 3 rings (SSSR count). The van der Waals surface area contributed by atoms with Crippen LogP contribution in [0.15, 0.2) is 41.8 Å². The van der Waals surface area contributed by atoms with Crippen molar-refractivity contribution >= 4 is 23.7 Å². The largest absolute Gasteiger partial charge is 0.379 e. The van der Waals surface area contributed by atoms with Gasteiger partial charge in [0, 0.05) is 31.1 Å². The van der Waals surface area contributed by atoms with E-state index in [0.29, 0.717) is 11.6 Å². The SMILES string of the molecule is Cl.N#Cc1ccc(CNCC(c2cccs2)N2CCOCC2)cc1. The lowest BCUT2D eigenvalue weighted by Crippen LogP contribution is -2.42. The van der Waals surface area contributed by atoms with Gasteiger partial charge in [-0.2, -0.15) is 5.26 Å². The van der Waals surface area contributed by atoms with Crippen molar-refractivity contribution < 1.29 is 4.74 Å². The first kappa shape index (κ1) is 18.9. The third-order valence-electron chi connectivity index (χ3n) is 4.11. The molecule has 0 saturated carbocycles. The van der Waals surface area contributed by atoms with E-state index in [1.807, 2.05) is 35.6 Å². The molecule has 6 heteroatoms. The number of hydrogen-bond acceptors (Lipinski definition) is 5. The smallest absolute Gasteiger partial charge is 0.0991 e. The molecule has 1 N–H and O–H groups in total. The van der Waals surface area contributed by atoms with Gasteiger partial charge >= 0.3 is 0 Å². The number of ether oxygens (including phenoxy) is 1. The molecule has 0 aliphatic carbocycles. The van der Waals surface area contributed by atoms with Gasteiger partial charge in [-0.05, 0) is 29.1 Å². The van der Waals surface area contributed by atoms with E-state index >= 15 is 0 Å². The van der Waals surface area contributed by atoms with Crippen LogP contribution in [0.25, 0.3) is 0 Å². The Labute approximate surface area is 153 Å². The van der Waals surface area contributed by atoms with E-state index in [2.05, 4.69) is 33.8 Å². The van der Waals surface area contributed by atoms with Crippen molar-refractivity contribution in [3.63, 3.8) is 0 Å². The standard InChI is InChI=1S/C18H21N3OS.ClH/c19-12-15-3-5-16(6-4-15)13-20-14-17(18-2-1-11-23-18)21-7-9-22-10-8-21;/h1-6,11,17,20H,7-10,13-14H2;1H. The number of thiophene rings is 1. The molecule has 1 aromatic heterocycles. The van der Waals surface area contributed by atoms with Gasteiger partial charge in [-0.1, -0.05) is 18.2 Å². The summed E-state index contributed by atoms with van der Waals surface area (Å²) in [7, 11) is 0. The molecule has 1 saturated heterocycles. The highest BCUT2D eigenvalue weighted by Gasteiger charge is 2.22. The van der Waals surface area contributed by atoms with E-state index in [1.165, 1.54) is 10.4 Å². The second-order valence-corrected chi connectivity index (χ2v) is 6.60. The normalized spacial score (nSPS) is 16.1. The van der Waals surface area contributed by atoms with Crippen molar-refractivity contribution in [3.05, 3.63) is 57.8 Å². The number of nitrogens with one attached hydrogen (secondary N) is 1. The first-order chi connectivity index (χ1) is 11.4. The maximum atomic E-state index is 8.85. The summed E-state index contributed by atoms with van der Waals surface area (Å²) in [6.07, 6.45) is 0. The fourth-order valence-corrected chi connectivity index (χ4v) is 3.69. The Bertz CT molecular complexity index is 633. The fraction of sp³-hybridized carbons (Fsp3) is 0.389. The van der Waals surface area contributed by atoms with Gasteiger partial charge in [0.1, 0.15) is 0 Å². The van der Waals surface area contributed by atoms with Gasteiger partial charge in [-0.25, -0.2) is 0 Å². The molecule has 1 aliphatic heterocycles. The highest BCUT2D eigenvalue weighted by molar-refractivity contribution is 7.10. The molecule has 0 amide bonds. The van der Waals surface area contributed by atoms with Gasteiger partial charge in [-0.15, -0.1) is 23.7 Å². The van der Waals surface area contributed by atoms with Crippen LogP contribution >= 0.6 is 23.7 Å². The zero-order valence-electron chi connectivity index (χ0n) is 13.5. The monoisotopic (exact) mass is 363 g/mol. The Morgan fingerprint density at radius 3 is 2.58 bits per heavy atom. The summed E-state index contributed by atoms with van der Waals surface area (Å²) < 4.78 is 5.48. The predicted octanol–water partition coefficient (Wildman–Crippen LogP) is 3.20. The maximum Gasteiger partial charge on any atom is 0.0991 e. The molecule has 1 fully saturated rings. The number of halogens is 1. The molecule has 0 radical (unpaired) electrons. The van der Waals surface area contributed by atoms with Crippen molar-refractivity contribution in [1.82, 2.24) is 10.2 Å². The van der Waals surface area contributed by atoms with Crippen LogP contribution in [0.1, 0.15) is 22.0 Å². The van der Waals surface area contributed by atoms with Crippen LogP contribution in [0, 0.1) is 11.3 Å². The van der Waals surface area contributed by atoms with E-state index in [1.54, 1.807) is 0 Å². The summed E-state index contributed by atoms with van der Waals surface area (Å²) in [6, 6.07) is 14.7.